The summed E-state index contributed by atoms with van der Waals surface area (Å²) < 4.78 is 2.15. The van der Waals surface area contributed by atoms with Crippen molar-refractivity contribution in [1.29, 1.82) is 0 Å². The summed E-state index contributed by atoms with van der Waals surface area (Å²) in [7, 11) is 0. The van der Waals surface area contributed by atoms with Crippen molar-refractivity contribution in [1.82, 2.24) is 4.57 Å². The van der Waals surface area contributed by atoms with E-state index in [1.54, 1.807) is 41.8 Å². The number of nitrogens with zero attached hydrogens (tertiary/aromatic N) is 3. The number of phenols is 1. The van der Waals surface area contributed by atoms with Gasteiger partial charge in [0.05, 0.1) is 11.9 Å². The normalized spacial score (nSPS) is 12.1. The molecule has 3 rings (SSSR count). The Morgan fingerprint density at radius 2 is 1.83 bits per heavy atom. The lowest BCUT2D eigenvalue weighted by Gasteiger charge is -2.05. The summed E-state index contributed by atoms with van der Waals surface area (Å²) >= 11 is 1.58. The maximum atomic E-state index is 9.27. The summed E-state index contributed by atoms with van der Waals surface area (Å²) in [6.45, 7) is 2.93. The second-order valence-electron chi connectivity index (χ2n) is 4.95. The molecule has 0 radical (unpaired) electrons. The second kappa shape index (κ2) is 7.07. The van der Waals surface area contributed by atoms with Crippen molar-refractivity contribution in [2.75, 3.05) is 0 Å². The van der Waals surface area contributed by atoms with Gasteiger partial charge in [-0.1, -0.05) is 30.3 Å². The van der Waals surface area contributed by atoms with Crippen LogP contribution in [-0.4, -0.2) is 15.9 Å². The average molecular weight is 323 g/mol. The monoisotopic (exact) mass is 323 g/mol. The third-order valence-corrected chi connectivity index (χ3v) is 4.28. The van der Waals surface area contributed by atoms with Gasteiger partial charge in [0, 0.05) is 11.9 Å². The lowest BCUT2D eigenvalue weighted by Crippen LogP contribution is -2.14. The first-order valence-corrected chi connectivity index (χ1v) is 8.25. The van der Waals surface area contributed by atoms with Crippen LogP contribution in [0.2, 0.25) is 0 Å². The van der Waals surface area contributed by atoms with Crippen molar-refractivity contribution in [3.8, 4) is 17.0 Å². The topological polar surface area (TPSA) is 49.9 Å². The van der Waals surface area contributed by atoms with Gasteiger partial charge in [-0.25, -0.2) is 0 Å². The van der Waals surface area contributed by atoms with Crippen molar-refractivity contribution in [2.45, 2.75) is 13.5 Å². The molecule has 1 heterocycles. The van der Waals surface area contributed by atoms with Gasteiger partial charge in [-0.15, -0.1) is 16.4 Å². The lowest BCUT2D eigenvalue weighted by molar-refractivity contribution is 0.475. The van der Waals surface area contributed by atoms with Crippen LogP contribution < -0.4 is 4.80 Å². The number of aromatic nitrogens is 1. The predicted molar refractivity (Wildman–Crippen MR) is 94.7 cm³/mol. The third kappa shape index (κ3) is 3.57. The van der Waals surface area contributed by atoms with Gasteiger partial charge in [0.15, 0.2) is 0 Å². The smallest absolute Gasteiger partial charge is 0.211 e. The fourth-order valence-corrected chi connectivity index (χ4v) is 3.19. The first-order valence-electron chi connectivity index (χ1n) is 7.38. The number of phenolic OH excluding ortho intramolecular Hbond substituents is 1. The molecular formula is C18H17N3OS. The molecule has 1 aromatic heterocycles. The zero-order valence-corrected chi connectivity index (χ0v) is 13.6. The van der Waals surface area contributed by atoms with E-state index in [4.69, 9.17) is 0 Å². The van der Waals surface area contributed by atoms with Gasteiger partial charge in [0.2, 0.25) is 4.80 Å². The van der Waals surface area contributed by atoms with Crippen molar-refractivity contribution in [2.24, 2.45) is 10.2 Å². The summed E-state index contributed by atoms with van der Waals surface area (Å²) in [5.74, 6) is 0.244. The van der Waals surface area contributed by atoms with Crippen molar-refractivity contribution < 1.29 is 5.11 Å². The molecule has 0 fully saturated rings. The Hall–Kier alpha value is -2.66. The molecule has 0 saturated heterocycles. The van der Waals surface area contributed by atoms with Crippen LogP contribution in [0.3, 0.4) is 0 Å². The van der Waals surface area contributed by atoms with E-state index in [1.807, 2.05) is 18.2 Å². The van der Waals surface area contributed by atoms with E-state index in [0.717, 1.165) is 22.6 Å². The quantitative estimate of drug-likeness (QED) is 0.575. The fraction of sp³-hybridized carbons (Fsp3) is 0.111. The molecule has 0 amide bonds. The van der Waals surface area contributed by atoms with E-state index < -0.39 is 0 Å². The number of benzene rings is 2. The molecule has 0 aliphatic rings. The maximum absolute atomic E-state index is 9.27. The van der Waals surface area contributed by atoms with Gasteiger partial charge in [0.1, 0.15) is 5.75 Å². The molecule has 0 aliphatic heterocycles. The molecule has 5 heteroatoms. The van der Waals surface area contributed by atoms with Gasteiger partial charge in [-0.05, 0) is 42.3 Å². The Kier molecular flexibility index (Phi) is 4.68. The van der Waals surface area contributed by atoms with Crippen LogP contribution in [0, 0.1) is 0 Å². The van der Waals surface area contributed by atoms with Crippen LogP contribution in [0.15, 0.2) is 70.2 Å². The Morgan fingerprint density at radius 1 is 1.09 bits per heavy atom. The van der Waals surface area contributed by atoms with E-state index >= 15 is 0 Å². The van der Waals surface area contributed by atoms with E-state index in [2.05, 4.69) is 39.2 Å². The minimum atomic E-state index is 0.244. The average Bonchev–Trinajstić information content (AvgIpc) is 3.00. The van der Waals surface area contributed by atoms with Crippen LogP contribution in [0.5, 0.6) is 5.75 Å². The number of hydrogen-bond donors (Lipinski definition) is 1. The highest BCUT2D eigenvalue weighted by Crippen LogP contribution is 2.19. The minimum absolute atomic E-state index is 0.244. The highest BCUT2D eigenvalue weighted by Gasteiger charge is 2.05. The summed E-state index contributed by atoms with van der Waals surface area (Å²) in [5.41, 5.74) is 3.22. The Labute approximate surface area is 138 Å². The van der Waals surface area contributed by atoms with Gasteiger partial charge in [-0.3, -0.25) is 0 Å². The van der Waals surface area contributed by atoms with Crippen LogP contribution in [-0.2, 0) is 6.54 Å². The largest absolute Gasteiger partial charge is 0.508 e. The fourth-order valence-electron chi connectivity index (χ4n) is 2.26. The third-order valence-electron chi connectivity index (χ3n) is 3.43. The Balaban J connectivity index is 1.91. The first kappa shape index (κ1) is 15.2. The Bertz CT molecular complexity index is 861. The SMILES string of the molecule is CCn1c(-c2ccccc2)cs/c1=N\N=C/c1ccc(O)cc1. The van der Waals surface area contributed by atoms with E-state index in [-0.39, 0.29) is 5.75 Å². The molecule has 0 bridgehead atoms. The molecule has 2 aromatic carbocycles. The molecule has 0 unspecified atom stereocenters. The highest BCUT2D eigenvalue weighted by atomic mass is 32.1. The summed E-state index contributed by atoms with van der Waals surface area (Å²) in [4.78, 5) is 0.862. The van der Waals surface area contributed by atoms with Gasteiger partial charge >= 0.3 is 0 Å². The minimum Gasteiger partial charge on any atom is -0.508 e. The predicted octanol–water partition coefficient (Wildman–Crippen LogP) is 3.88. The molecule has 1 N–H and O–H groups in total. The van der Waals surface area contributed by atoms with E-state index in [0.29, 0.717) is 0 Å². The summed E-state index contributed by atoms with van der Waals surface area (Å²) in [5, 5.41) is 19.9. The van der Waals surface area contributed by atoms with Crippen LogP contribution >= 0.6 is 11.3 Å². The lowest BCUT2D eigenvalue weighted by atomic mass is 10.2. The van der Waals surface area contributed by atoms with Gasteiger partial charge in [0.25, 0.3) is 0 Å². The van der Waals surface area contributed by atoms with Gasteiger partial charge < -0.3 is 9.67 Å². The number of aromatic hydroxyl groups is 1. The van der Waals surface area contributed by atoms with Crippen molar-refractivity contribution >= 4 is 17.6 Å². The van der Waals surface area contributed by atoms with Gasteiger partial charge in [-0.2, -0.15) is 5.10 Å². The molecule has 3 aromatic rings. The maximum Gasteiger partial charge on any atom is 0.211 e. The van der Waals surface area contributed by atoms with E-state index in [1.165, 1.54) is 5.56 Å². The zero-order valence-electron chi connectivity index (χ0n) is 12.8. The highest BCUT2D eigenvalue weighted by molar-refractivity contribution is 7.07. The zero-order chi connectivity index (χ0) is 16.1. The number of rotatable bonds is 4. The standard InChI is InChI=1S/C18H17N3OS/c1-2-21-17(15-6-4-3-5-7-15)13-23-18(21)20-19-12-14-8-10-16(22)11-9-14/h3-13,22H,2H2,1H3/b19-12-,20-18-. The van der Waals surface area contributed by atoms with Crippen LogP contribution in [0.1, 0.15) is 12.5 Å². The molecule has 0 saturated carbocycles. The van der Waals surface area contributed by atoms with Crippen molar-refractivity contribution in [3.63, 3.8) is 0 Å². The summed E-state index contributed by atoms with van der Waals surface area (Å²) in [6, 6.07) is 17.1. The number of hydrogen-bond acceptors (Lipinski definition) is 4. The van der Waals surface area contributed by atoms with E-state index in [9.17, 15) is 5.11 Å². The molecule has 23 heavy (non-hydrogen) atoms. The molecule has 116 valence electrons. The first-order chi connectivity index (χ1) is 11.3. The second-order valence-corrected chi connectivity index (χ2v) is 5.79. The van der Waals surface area contributed by atoms with Crippen LogP contribution in [0.4, 0.5) is 0 Å². The number of thiazole rings is 1. The molecule has 4 nitrogen and oxygen atoms in total. The molecule has 0 spiro atoms. The van der Waals surface area contributed by atoms with Crippen molar-refractivity contribution in [3.05, 3.63) is 70.3 Å². The Morgan fingerprint density at radius 3 is 2.52 bits per heavy atom. The van der Waals surface area contributed by atoms with Crippen LogP contribution in [0.25, 0.3) is 11.3 Å². The molecule has 0 atom stereocenters. The molecular weight excluding hydrogens is 306 g/mol. The molecule has 0 aliphatic carbocycles. The summed E-state index contributed by atoms with van der Waals surface area (Å²) in [6.07, 6.45) is 1.68.